The summed E-state index contributed by atoms with van der Waals surface area (Å²) < 4.78 is 13.5. The number of fused-ring (bicyclic) bond motifs is 1. The minimum absolute atomic E-state index is 0.0123. The number of ether oxygens (including phenoxy) is 2. The SMILES string of the molecule is CCCCC/C=C\C/C=C\CCCCCCCCC1(CCCCCCCC/C=C\C/C=C\CCCCC)O[C@H]2[C@H](O)CCN(C)C[C@H]2O1. The molecule has 0 aliphatic carbocycles. The van der Waals surface area contributed by atoms with Gasteiger partial charge in [-0.1, -0.05) is 140 Å². The third-order valence-corrected chi connectivity index (χ3v) is 10.3. The van der Waals surface area contributed by atoms with Gasteiger partial charge in [-0.25, -0.2) is 0 Å². The molecule has 278 valence electrons. The second-order valence-electron chi connectivity index (χ2n) is 14.9. The minimum Gasteiger partial charge on any atom is -0.390 e. The second-order valence-corrected chi connectivity index (χ2v) is 14.9. The Morgan fingerprint density at radius 2 is 0.979 bits per heavy atom. The molecule has 4 nitrogen and oxygen atoms in total. The fourth-order valence-corrected chi connectivity index (χ4v) is 7.20. The van der Waals surface area contributed by atoms with Crippen molar-refractivity contribution in [2.24, 2.45) is 0 Å². The number of rotatable bonds is 30. The summed E-state index contributed by atoms with van der Waals surface area (Å²) in [4.78, 5) is 2.30. The fraction of sp³-hybridized carbons (Fsp3) is 0.818. The first kappa shape index (κ1) is 43.0. The van der Waals surface area contributed by atoms with E-state index >= 15 is 0 Å². The monoisotopic (exact) mass is 670 g/mol. The van der Waals surface area contributed by atoms with Gasteiger partial charge >= 0.3 is 0 Å². The van der Waals surface area contributed by atoms with Gasteiger partial charge < -0.3 is 19.5 Å². The number of hydrogen-bond acceptors (Lipinski definition) is 4. The van der Waals surface area contributed by atoms with Crippen molar-refractivity contribution in [3.05, 3.63) is 48.6 Å². The fourth-order valence-electron chi connectivity index (χ4n) is 7.20. The smallest absolute Gasteiger partial charge is 0.169 e. The third kappa shape index (κ3) is 21.1. The maximum atomic E-state index is 10.9. The number of nitrogens with zero attached hydrogens (tertiary/aromatic N) is 1. The van der Waals surface area contributed by atoms with Crippen LogP contribution in [0.2, 0.25) is 0 Å². The molecule has 0 saturated carbocycles. The molecule has 0 radical (unpaired) electrons. The van der Waals surface area contributed by atoms with Gasteiger partial charge in [0.25, 0.3) is 0 Å². The molecule has 2 aliphatic rings. The lowest BCUT2D eigenvalue weighted by atomic mass is 9.98. The Hall–Kier alpha value is -1.20. The Balaban J connectivity index is 1.60. The van der Waals surface area contributed by atoms with Gasteiger partial charge in [0.15, 0.2) is 5.79 Å². The van der Waals surface area contributed by atoms with Gasteiger partial charge in [-0.15, -0.1) is 0 Å². The van der Waals surface area contributed by atoms with Crippen molar-refractivity contribution in [3.8, 4) is 0 Å². The molecule has 0 unspecified atom stereocenters. The Morgan fingerprint density at radius 1 is 0.562 bits per heavy atom. The van der Waals surface area contributed by atoms with Crippen LogP contribution in [0.15, 0.2) is 48.6 Å². The van der Waals surface area contributed by atoms with Crippen LogP contribution in [-0.4, -0.2) is 54.2 Å². The van der Waals surface area contributed by atoms with E-state index in [2.05, 4.69) is 74.4 Å². The Bertz CT molecular complexity index is 800. The number of unbranched alkanes of at least 4 members (excludes halogenated alkanes) is 18. The van der Waals surface area contributed by atoms with Crippen LogP contribution in [0.4, 0.5) is 0 Å². The highest BCUT2D eigenvalue weighted by Gasteiger charge is 2.50. The van der Waals surface area contributed by atoms with E-state index in [-0.39, 0.29) is 12.2 Å². The molecule has 2 saturated heterocycles. The highest BCUT2D eigenvalue weighted by molar-refractivity contribution is 4.95. The Morgan fingerprint density at radius 3 is 1.44 bits per heavy atom. The molecule has 2 rings (SSSR count). The number of allylic oxidation sites excluding steroid dienone is 8. The van der Waals surface area contributed by atoms with Crippen molar-refractivity contribution in [1.82, 2.24) is 4.90 Å². The maximum Gasteiger partial charge on any atom is 0.169 e. The first-order valence-electron chi connectivity index (χ1n) is 20.9. The molecular weight excluding hydrogens is 590 g/mol. The van der Waals surface area contributed by atoms with Crippen LogP contribution in [0.5, 0.6) is 0 Å². The summed E-state index contributed by atoms with van der Waals surface area (Å²) >= 11 is 0. The molecule has 2 aliphatic heterocycles. The van der Waals surface area contributed by atoms with Gasteiger partial charge in [0, 0.05) is 25.9 Å². The molecular formula is C44H79NO3. The zero-order chi connectivity index (χ0) is 34.4. The van der Waals surface area contributed by atoms with Crippen molar-refractivity contribution in [2.45, 2.75) is 211 Å². The van der Waals surface area contributed by atoms with E-state index in [4.69, 9.17) is 9.47 Å². The summed E-state index contributed by atoms with van der Waals surface area (Å²) in [5, 5.41) is 10.9. The lowest BCUT2D eigenvalue weighted by Crippen LogP contribution is -2.36. The number of aliphatic hydroxyl groups is 1. The van der Waals surface area contributed by atoms with Crippen LogP contribution >= 0.6 is 0 Å². The van der Waals surface area contributed by atoms with Gasteiger partial charge in [0.05, 0.1) is 6.10 Å². The molecule has 2 fully saturated rings. The average Bonchev–Trinajstić information content (AvgIpc) is 3.38. The number of hydrogen-bond donors (Lipinski definition) is 1. The summed E-state index contributed by atoms with van der Waals surface area (Å²) in [6.07, 6.45) is 51.1. The number of likely N-dealkylation sites (tertiary alicyclic amines) is 1. The van der Waals surface area contributed by atoms with Gasteiger partial charge in [0.2, 0.25) is 0 Å². The number of aliphatic hydroxyl groups excluding tert-OH is 1. The maximum absolute atomic E-state index is 10.9. The summed E-state index contributed by atoms with van der Waals surface area (Å²) in [6, 6.07) is 0. The van der Waals surface area contributed by atoms with Crippen LogP contribution in [-0.2, 0) is 9.47 Å². The van der Waals surface area contributed by atoms with E-state index in [1.165, 1.54) is 128 Å². The van der Waals surface area contributed by atoms with Crippen LogP contribution in [0, 0.1) is 0 Å². The molecule has 3 atom stereocenters. The lowest BCUT2D eigenvalue weighted by molar-refractivity contribution is -0.195. The average molecular weight is 670 g/mol. The molecule has 0 aromatic heterocycles. The van der Waals surface area contributed by atoms with Gasteiger partial charge in [0.1, 0.15) is 12.2 Å². The zero-order valence-corrected chi connectivity index (χ0v) is 32.1. The molecule has 2 heterocycles. The van der Waals surface area contributed by atoms with Crippen LogP contribution in [0.25, 0.3) is 0 Å². The van der Waals surface area contributed by atoms with Crippen LogP contribution in [0.1, 0.15) is 187 Å². The normalized spacial score (nSPS) is 21.8. The summed E-state index contributed by atoms with van der Waals surface area (Å²) in [5.41, 5.74) is 0. The second kappa shape index (κ2) is 29.5. The van der Waals surface area contributed by atoms with Crippen molar-refractivity contribution in [3.63, 3.8) is 0 Å². The molecule has 1 N–H and O–H groups in total. The highest BCUT2D eigenvalue weighted by atomic mass is 16.8. The topological polar surface area (TPSA) is 41.9 Å². The third-order valence-electron chi connectivity index (χ3n) is 10.3. The Labute approximate surface area is 298 Å². The summed E-state index contributed by atoms with van der Waals surface area (Å²) in [5.74, 6) is -0.501. The lowest BCUT2D eigenvalue weighted by Gasteiger charge is -2.30. The van der Waals surface area contributed by atoms with Crippen molar-refractivity contribution >= 4 is 0 Å². The number of likely N-dealkylation sites (N-methyl/N-ethyl adjacent to an activating group) is 1. The molecule has 48 heavy (non-hydrogen) atoms. The van der Waals surface area contributed by atoms with E-state index in [0.29, 0.717) is 0 Å². The van der Waals surface area contributed by atoms with Crippen LogP contribution < -0.4 is 0 Å². The quantitative estimate of drug-likeness (QED) is 0.0610. The van der Waals surface area contributed by atoms with Crippen molar-refractivity contribution < 1.29 is 14.6 Å². The molecule has 4 heteroatoms. The van der Waals surface area contributed by atoms with Crippen LogP contribution in [0.3, 0.4) is 0 Å². The molecule has 0 amide bonds. The Kier molecular flexibility index (Phi) is 26.4. The van der Waals surface area contributed by atoms with E-state index in [1.807, 2.05) is 0 Å². The van der Waals surface area contributed by atoms with Crippen molar-refractivity contribution in [2.75, 3.05) is 20.1 Å². The van der Waals surface area contributed by atoms with E-state index < -0.39 is 11.9 Å². The molecule has 0 bridgehead atoms. The predicted molar refractivity (Wildman–Crippen MR) is 209 cm³/mol. The summed E-state index contributed by atoms with van der Waals surface area (Å²) in [7, 11) is 2.14. The minimum atomic E-state index is -0.501. The molecule has 0 aromatic rings. The largest absolute Gasteiger partial charge is 0.390 e. The van der Waals surface area contributed by atoms with Crippen molar-refractivity contribution in [1.29, 1.82) is 0 Å². The predicted octanol–water partition coefficient (Wildman–Crippen LogP) is 12.6. The first-order chi connectivity index (χ1) is 23.6. The van der Waals surface area contributed by atoms with Gasteiger partial charge in [-0.3, -0.25) is 0 Å². The van der Waals surface area contributed by atoms with Gasteiger partial charge in [-0.05, 0) is 90.5 Å². The zero-order valence-electron chi connectivity index (χ0n) is 32.1. The molecule has 0 spiro atoms. The molecule has 0 aromatic carbocycles. The highest BCUT2D eigenvalue weighted by Crippen LogP contribution is 2.40. The standard InChI is InChI=1S/C44H79NO3/c1-4-6-8-10-12-14-16-18-20-22-24-26-28-30-32-34-37-44(47-42-40-45(3)39-36-41(46)43(42)48-44)38-35-33-31-29-27-25-23-21-19-17-15-13-11-9-7-5-2/h12-15,18-21,41-43,46H,4-11,16-17,22-40H2,1-3H3/b14-12-,15-13-,20-18-,21-19-/t41-,42-,43+/m1/s1. The van der Waals surface area contributed by atoms with Gasteiger partial charge in [-0.2, -0.15) is 0 Å². The first-order valence-corrected chi connectivity index (χ1v) is 20.9. The van der Waals surface area contributed by atoms with E-state index in [0.717, 1.165) is 58.0 Å². The van der Waals surface area contributed by atoms with E-state index in [9.17, 15) is 5.11 Å². The van der Waals surface area contributed by atoms with E-state index in [1.54, 1.807) is 0 Å². The summed E-state index contributed by atoms with van der Waals surface area (Å²) in [6.45, 7) is 6.29.